The van der Waals surface area contributed by atoms with Crippen molar-refractivity contribution < 1.29 is 14.3 Å². The van der Waals surface area contributed by atoms with E-state index in [1.165, 1.54) is 26.4 Å². The molecule has 0 unspecified atom stereocenters. The Morgan fingerprint density at radius 2 is 1.88 bits per heavy atom. The van der Waals surface area contributed by atoms with Gasteiger partial charge in [-0.05, 0) is 42.7 Å². The Kier molecular flexibility index (Phi) is 10.1. The maximum absolute atomic E-state index is 11.9. The molecule has 0 radical (unpaired) electrons. The van der Waals surface area contributed by atoms with Gasteiger partial charge in [0.25, 0.3) is 0 Å². The SMILES string of the molecule is C=c1ccn(Cc2ccc(C(=O)OC)cc2OC)/c1=C(\CCCCCC)N=C(N)CCC. The van der Waals surface area contributed by atoms with E-state index in [0.29, 0.717) is 23.7 Å². The summed E-state index contributed by atoms with van der Waals surface area (Å²) < 4.78 is 12.5. The number of ether oxygens (including phenoxy) is 2. The van der Waals surface area contributed by atoms with E-state index in [1.54, 1.807) is 19.2 Å². The van der Waals surface area contributed by atoms with Gasteiger partial charge >= 0.3 is 5.97 Å². The van der Waals surface area contributed by atoms with E-state index in [-0.39, 0.29) is 5.97 Å². The predicted octanol–water partition coefficient (Wildman–Crippen LogP) is 3.98. The number of carbonyl (C=O) groups is 1. The van der Waals surface area contributed by atoms with Gasteiger partial charge in [-0.3, -0.25) is 0 Å². The summed E-state index contributed by atoms with van der Waals surface area (Å²) in [5.74, 6) is 0.904. The number of aromatic nitrogens is 1. The number of hydrogen-bond acceptors (Lipinski definition) is 4. The maximum Gasteiger partial charge on any atom is 0.337 e. The number of nitrogens with two attached hydrogens (primary N) is 1. The number of amidine groups is 1. The molecule has 0 bridgehead atoms. The third-order valence-corrected chi connectivity index (χ3v) is 5.42. The Bertz CT molecular complexity index is 1040. The summed E-state index contributed by atoms with van der Waals surface area (Å²) >= 11 is 0. The van der Waals surface area contributed by atoms with Gasteiger partial charge in [0.2, 0.25) is 0 Å². The fourth-order valence-electron chi connectivity index (χ4n) is 3.74. The Labute approximate surface area is 191 Å². The molecule has 2 rings (SSSR count). The van der Waals surface area contributed by atoms with E-state index in [1.807, 2.05) is 18.3 Å². The second-order valence-electron chi connectivity index (χ2n) is 7.95. The topological polar surface area (TPSA) is 78.8 Å². The summed E-state index contributed by atoms with van der Waals surface area (Å²) in [6.07, 6.45) is 9.23. The van der Waals surface area contributed by atoms with Crippen molar-refractivity contribution in [2.24, 2.45) is 10.7 Å². The number of carbonyl (C=O) groups excluding carboxylic acids is 1. The highest BCUT2D eigenvalue weighted by Crippen LogP contribution is 2.22. The van der Waals surface area contributed by atoms with Crippen molar-refractivity contribution in [1.29, 1.82) is 0 Å². The van der Waals surface area contributed by atoms with Gasteiger partial charge in [-0.1, -0.05) is 45.8 Å². The highest BCUT2D eigenvalue weighted by atomic mass is 16.5. The molecule has 32 heavy (non-hydrogen) atoms. The van der Waals surface area contributed by atoms with Crippen LogP contribution < -0.4 is 21.0 Å². The maximum atomic E-state index is 11.9. The quantitative estimate of drug-likeness (QED) is 0.235. The van der Waals surface area contributed by atoms with E-state index in [4.69, 9.17) is 20.2 Å². The van der Waals surface area contributed by atoms with E-state index < -0.39 is 0 Å². The molecule has 6 nitrogen and oxygen atoms in total. The smallest absolute Gasteiger partial charge is 0.337 e. The van der Waals surface area contributed by atoms with Gasteiger partial charge in [-0.2, -0.15) is 0 Å². The molecule has 0 saturated carbocycles. The number of hydrogen-bond donors (Lipinski definition) is 1. The van der Waals surface area contributed by atoms with Gasteiger partial charge in [-0.25, -0.2) is 9.79 Å². The van der Waals surface area contributed by atoms with Crippen LogP contribution in [-0.2, 0) is 11.3 Å². The monoisotopic (exact) mass is 439 g/mol. The Balaban J connectivity index is 2.50. The first kappa shape index (κ1) is 25.2. The van der Waals surface area contributed by atoms with Gasteiger partial charge in [0.1, 0.15) is 5.75 Å². The summed E-state index contributed by atoms with van der Waals surface area (Å²) in [5, 5.41) is 1.92. The highest BCUT2D eigenvalue weighted by molar-refractivity contribution is 5.90. The van der Waals surface area contributed by atoms with Crippen molar-refractivity contribution >= 4 is 24.1 Å². The van der Waals surface area contributed by atoms with Gasteiger partial charge in [0.05, 0.1) is 43.2 Å². The first-order valence-electron chi connectivity index (χ1n) is 11.4. The number of benzene rings is 1. The molecule has 6 heteroatoms. The average Bonchev–Trinajstić information content (AvgIpc) is 3.15. The van der Waals surface area contributed by atoms with Crippen LogP contribution in [0, 0.1) is 0 Å². The lowest BCUT2D eigenvalue weighted by molar-refractivity contribution is 0.0600. The zero-order valence-corrected chi connectivity index (χ0v) is 19.9. The zero-order valence-electron chi connectivity index (χ0n) is 19.9. The second-order valence-corrected chi connectivity index (χ2v) is 7.95. The molecule has 1 aromatic carbocycles. The van der Waals surface area contributed by atoms with Crippen LogP contribution in [0.3, 0.4) is 0 Å². The van der Waals surface area contributed by atoms with Crippen molar-refractivity contribution in [3.8, 4) is 5.75 Å². The van der Waals surface area contributed by atoms with Crippen LogP contribution >= 0.6 is 0 Å². The van der Waals surface area contributed by atoms with Crippen molar-refractivity contribution in [2.45, 2.75) is 65.3 Å². The lowest BCUT2D eigenvalue weighted by Crippen LogP contribution is -2.31. The minimum Gasteiger partial charge on any atom is -0.496 e. The average molecular weight is 440 g/mol. The van der Waals surface area contributed by atoms with Gasteiger partial charge in [0, 0.05) is 18.2 Å². The summed E-state index contributed by atoms with van der Waals surface area (Å²) in [6.45, 7) is 9.12. The summed E-state index contributed by atoms with van der Waals surface area (Å²) in [6, 6.07) is 7.36. The van der Waals surface area contributed by atoms with Gasteiger partial charge in [-0.15, -0.1) is 0 Å². The molecule has 2 aromatic rings. The number of aliphatic imine (C=N–C) groups is 1. The fourth-order valence-corrected chi connectivity index (χ4v) is 3.74. The summed E-state index contributed by atoms with van der Waals surface area (Å²) in [4.78, 5) is 16.7. The molecule has 0 aliphatic rings. The molecule has 0 atom stereocenters. The van der Waals surface area contributed by atoms with E-state index in [9.17, 15) is 4.79 Å². The van der Waals surface area contributed by atoms with Crippen LogP contribution in [0.15, 0.2) is 35.5 Å². The standard InChI is InChI=1S/C26H37N3O3/c1-6-8-9-10-12-22(28-24(27)11-7-2)25-19(3)15-16-29(25)18-21-14-13-20(26(30)32-5)17-23(21)31-4/h13-17H,3,6-12,18H2,1-2,4-5H3,(H2,27,28)/b25-22+. The predicted molar refractivity (Wildman–Crippen MR) is 131 cm³/mol. The molecule has 0 aliphatic heterocycles. The van der Waals surface area contributed by atoms with Crippen LogP contribution in [0.4, 0.5) is 0 Å². The zero-order chi connectivity index (χ0) is 23.5. The van der Waals surface area contributed by atoms with Crippen molar-refractivity contribution in [3.05, 3.63) is 52.2 Å². The third-order valence-electron chi connectivity index (χ3n) is 5.42. The lowest BCUT2D eigenvalue weighted by atomic mass is 10.1. The molecule has 0 saturated heterocycles. The van der Waals surface area contributed by atoms with Crippen molar-refractivity contribution in [2.75, 3.05) is 14.2 Å². The van der Waals surface area contributed by atoms with Crippen molar-refractivity contribution in [1.82, 2.24) is 4.57 Å². The molecule has 0 fully saturated rings. The van der Waals surface area contributed by atoms with Crippen LogP contribution in [0.25, 0.3) is 12.3 Å². The number of unbranched alkanes of at least 4 members (excludes halogenated alkanes) is 3. The fraction of sp³-hybridized carbons (Fsp3) is 0.462. The van der Waals surface area contributed by atoms with Crippen LogP contribution in [0.1, 0.15) is 74.7 Å². The summed E-state index contributed by atoms with van der Waals surface area (Å²) in [7, 11) is 2.97. The molecule has 0 aliphatic carbocycles. The molecule has 0 amide bonds. The number of nitrogens with zero attached hydrogens (tertiary/aromatic N) is 2. The molecular formula is C26H37N3O3. The molecule has 174 valence electrons. The van der Waals surface area contributed by atoms with Crippen molar-refractivity contribution in [3.63, 3.8) is 0 Å². The first-order chi connectivity index (χ1) is 15.4. The number of esters is 1. The van der Waals surface area contributed by atoms with Crippen LogP contribution in [0.5, 0.6) is 5.75 Å². The minimum absolute atomic E-state index is 0.389. The van der Waals surface area contributed by atoms with Crippen LogP contribution in [0.2, 0.25) is 0 Å². The van der Waals surface area contributed by atoms with Gasteiger partial charge < -0.3 is 19.8 Å². The van der Waals surface area contributed by atoms with E-state index in [0.717, 1.165) is 47.5 Å². The Morgan fingerprint density at radius 1 is 1.09 bits per heavy atom. The van der Waals surface area contributed by atoms with E-state index >= 15 is 0 Å². The molecule has 1 aromatic heterocycles. The highest BCUT2D eigenvalue weighted by Gasteiger charge is 2.12. The van der Waals surface area contributed by atoms with E-state index in [2.05, 4.69) is 25.0 Å². The van der Waals surface area contributed by atoms with Gasteiger partial charge in [0.15, 0.2) is 0 Å². The lowest BCUT2D eigenvalue weighted by Gasteiger charge is -2.13. The number of rotatable bonds is 12. The third kappa shape index (κ3) is 6.74. The number of methoxy groups -OCH3 is 2. The minimum atomic E-state index is -0.389. The Hall–Kier alpha value is -3.02. The normalized spacial score (nSPS) is 12.6. The molecule has 2 N–H and O–H groups in total. The first-order valence-corrected chi connectivity index (χ1v) is 11.4. The molecule has 0 spiro atoms. The Morgan fingerprint density at radius 3 is 2.53 bits per heavy atom. The molecular weight excluding hydrogens is 402 g/mol. The summed E-state index contributed by atoms with van der Waals surface area (Å²) in [5.41, 5.74) is 8.60. The van der Waals surface area contributed by atoms with Crippen LogP contribution in [-0.4, -0.2) is 30.6 Å². The molecule has 1 heterocycles. The largest absolute Gasteiger partial charge is 0.496 e. The second kappa shape index (κ2) is 12.7.